The molecule has 4 heterocycles. The van der Waals surface area contributed by atoms with Crippen molar-refractivity contribution in [1.29, 1.82) is 0 Å². The summed E-state index contributed by atoms with van der Waals surface area (Å²) in [4.78, 5) is 101. The fraction of sp³-hybridized carbons (Fsp3) is 0.136. The number of esters is 4. The van der Waals surface area contributed by atoms with Gasteiger partial charge in [0.1, 0.15) is 11.4 Å². The molecule has 0 unspecified atom stereocenters. The quantitative estimate of drug-likeness (QED) is 0.0527. The normalized spacial score (nSPS) is 16.2. The van der Waals surface area contributed by atoms with Crippen LogP contribution in [0.15, 0.2) is 72.8 Å². The van der Waals surface area contributed by atoms with E-state index in [9.17, 15) is 38.4 Å². The molecule has 370 valence electrons. The van der Waals surface area contributed by atoms with E-state index in [0.717, 1.165) is 0 Å². The summed E-state index contributed by atoms with van der Waals surface area (Å²) < 4.78 is 253. The molecule has 0 spiro atoms. The molecule has 5 aromatic rings. The molecule has 0 saturated heterocycles. The van der Waals surface area contributed by atoms with Crippen LogP contribution in [0.5, 0.6) is 0 Å². The maximum absolute atomic E-state index is 16.1. The first-order chi connectivity index (χ1) is 33.2. The molecular formula is C44H12F16N2O10. The number of benzene rings is 5. The molecule has 4 amide bonds. The Morgan fingerprint density at radius 1 is 0.306 bits per heavy atom. The van der Waals surface area contributed by atoms with Crippen LogP contribution in [0, 0.1) is 23.3 Å². The fourth-order valence-electron chi connectivity index (χ4n) is 8.96. The molecule has 12 nitrogen and oxygen atoms in total. The molecule has 0 fully saturated rings. The Balaban J connectivity index is 1.12. The highest BCUT2D eigenvalue weighted by molar-refractivity contribution is 6.36. The van der Waals surface area contributed by atoms with E-state index in [-0.39, 0.29) is 60.7 Å². The molecule has 9 rings (SSSR count). The monoisotopic (exact) mass is 1030 g/mol. The molecule has 4 aliphatic rings. The zero-order valence-electron chi connectivity index (χ0n) is 34.0. The summed E-state index contributed by atoms with van der Waals surface area (Å²) in [6.07, 6.45) is -26.0. The summed E-state index contributed by atoms with van der Waals surface area (Å²) in [5.41, 5.74) is -32.2. The summed E-state index contributed by atoms with van der Waals surface area (Å²) in [6.45, 7) is 0. The fourth-order valence-corrected chi connectivity index (χ4v) is 8.96. The Labute approximate surface area is 384 Å². The van der Waals surface area contributed by atoms with Crippen molar-refractivity contribution in [2.75, 3.05) is 9.80 Å². The van der Waals surface area contributed by atoms with Crippen molar-refractivity contribution in [2.45, 2.75) is 35.5 Å². The van der Waals surface area contributed by atoms with E-state index in [1.54, 1.807) is 0 Å². The average molecular weight is 1030 g/mol. The van der Waals surface area contributed by atoms with Crippen LogP contribution in [-0.4, -0.2) is 72.2 Å². The third-order valence-corrected chi connectivity index (χ3v) is 12.2. The largest absolute Gasteiger partial charge is 0.411 e. The van der Waals surface area contributed by atoms with Crippen LogP contribution in [0.4, 0.5) is 81.6 Å². The molecule has 28 heteroatoms. The van der Waals surface area contributed by atoms with Crippen molar-refractivity contribution in [3.8, 4) is 0 Å². The average Bonchev–Trinajstić information content (AvgIpc) is 3.90. The minimum Gasteiger partial charge on any atom is -0.386 e. The van der Waals surface area contributed by atoms with Crippen LogP contribution in [0.25, 0.3) is 0 Å². The van der Waals surface area contributed by atoms with Crippen LogP contribution in [-0.2, 0) is 20.3 Å². The summed E-state index contributed by atoms with van der Waals surface area (Å²) in [5.74, 6) is -26.5. The maximum atomic E-state index is 16.1. The number of amides is 4. The number of hydrogen-bond donors (Lipinski definition) is 0. The molecular weight excluding hydrogens is 1020 g/mol. The van der Waals surface area contributed by atoms with E-state index in [0.29, 0.717) is 12.1 Å². The van der Waals surface area contributed by atoms with Gasteiger partial charge in [-0.05, 0) is 70.8 Å². The van der Waals surface area contributed by atoms with Gasteiger partial charge in [0.15, 0.2) is 23.3 Å². The number of alkyl halides is 12. The topological polar surface area (TPSA) is 162 Å². The summed E-state index contributed by atoms with van der Waals surface area (Å²) >= 11 is 0. The van der Waals surface area contributed by atoms with Gasteiger partial charge in [0.25, 0.3) is 23.6 Å². The highest BCUT2D eigenvalue weighted by atomic mass is 19.4. The van der Waals surface area contributed by atoms with Crippen molar-refractivity contribution < 1.29 is 118 Å². The van der Waals surface area contributed by atoms with E-state index < -0.39 is 194 Å². The number of halogens is 16. The number of rotatable bonds is 6. The number of nitrogens with zero attached hydrogens (tertiary/aromatic N) is 2. The molecule has 0 N–H and O–H groups in total. The standard InChI is InChI=1S/C44H12F16N2O10/c45-25-27(47)30(62-32(64)18-6-2-14(10-22(18)34(62)66)40(43(55,56)57,44(58,59)60)16-4-8-20-24(12-16)38(70)72-36(20)68)28(48)26(46)29(25)61-31(63)17-5-1-13(9-21(17)33(61)65)39(41(49,50)51,42(52,53)54)15-3-7-19-23(11-15)37(69)71-35(19)67/h1-12H. The summed E-state index contributed by atoms with van der Waals surface area (Å²) in [7, 11) is 0. The molecule has 72 heavy (non-hydrogen) atoms. The van der Waals surface area contributed by atoms with E-state index in [1.165, 1.54) is 0 Å². The number of hydrogen-bond acceptors (Lipinski definition) is 10. The lowest BCUT2D eigenvalue weighted by molar-refractivity contribution is -0.290. The van der Waals surface area contributed by atoms with Gasteiger partial charge in [0.05, 0.1) is 44.5 Å². The zero-order chi connectivity index (χ0) is 53.1. The maximum Gasteiger partial charge on any atom is 0.411 e. The number of anilines is 2. The van der Waals surface area contributed by atoms with Gasteiger partial charge in [0.2, 0.25) is 10.8 Å². The van der Waals surface area contributed by atoms with Gasteiger partial charge in [-0.1, -0.05) is 24.3 Å². The van der Waals surface area contributed by atoms with Crippen LogP contribution in [0.2, 0.25) is 0 Å². The van der Waals surface area contributed by atoms with Crippen LogP contribution >= 0.6 is 0 Å². The van der Waals surface area contributed by atoms with Gasteiger partial charge < -0.3 is 9.47 Å². The first kappa shape index (κ1) is 48.6. The van der Waals surface area contributed by atoms with Crippen LogP contribution in [0.1, 0.15) is 105 Å². The predicted octanol–water partition coefficient (Wildman–Crippen LogP) is 9.29. The number of carbonyl (C=O) groups excluding carboxylic acids is 8. The Hall–Kier alpha value is -8.46. The molecule has 0 bridgehead atoms. The van der Waals surface area contributed by atoms with Gasteiger partial charge >= 0.3 is 48.6 Å². The summed E-state index contributed by atoms with van der Waals surface area (Å²) in [5, 5.41) is 0. The van der Waals surface area contributed by atoms with E-state index in [2.05, 4.69) is 9.47 Å². The molecule has 0 atom stereocenters. The van der Waals surface area contributed by atoms with Gasteiger partial charge in [0, 0.05) is 0 Å². The molecule has 0 saturated carbocycles. The van der Waals surface area contributed by atoms with E-state index in [4.69, 9.17) is 0 Å². The second kappa shape index (κ2) is 15.0. The number of cyclic esters (lactones) is 4. The number of fused-ring (bicyclic) bond motifs is 4. The lowest BCUT2D eigenvalue weighted by Crippen LogP contribution is -2.55. The third-order valence-electron chi connectivity index (χ3n) is 12.2. The lowest BCUT2D eigenvalue weighted by Gasteiger charge is -2.38. The Kier molecular flexibility index (Phi) is 10.1. The van der Waals surface area contributed by atoms with E-state index >= 15 is 70.2 Å². The Morgan fingerprint density at radius 3 is 0.792 bits per heavy atom. The second-order valence-corrected chi connectivity index (χ2v) is 15.7. The SMILES string of the molecule is O=C1OC(=O)c2cc(C(c3ccc4c(c3)C(=O)N(c3c(F)c(F)c(N5C(=O)c6ccc(C(c7ccc8c(c7)C(=O)OC8=O)(C(F)(F)F)C(F)(F)F)cc6C5=O)c(F)c3F)C4=O)(C(F)(F)F)C(F)(F)F)ccc21. The lowest BCUT2D eigenvalue weighted by atomic mass is 9.71. The molecule has 0 aliphatic carbocycles. The van der Waals surface area contributed by atoms with Crippen molar-refractivity contribution in [2.24, 2.45) is 0 Å². The number of imide groups is 2. The van der Waals surface area contributed by atoms with Gasteiger partial charge in [-0.3, -0.25) is 19.2 Å². The van der Waals surface area contributed by atoms with Gasteiger partial charge in [-0.25, -0.2) is 46.5 Å². The van der Waals surface area contributed by atoms with Crippen molar-refractivity contribution in [1.82, 2.24) is 0 Å². The first-order valence-corrected chi connectivity index (χ1v) is 19.3. The van der Waals surface area contributed by atoms with Crippen LogP contribution in [0.3, 0.4) is 0 Å². The van der Waals surface area contributed by atoms with Crippen molar-refractivity contribution in [3.05, 3.63) is 163 Å². The minimum atomic E-state index is -6.50. The molecule has 4 aliphatic heterocycles. The van der Waals surface area contributed by atoms with Gasteiger partial charge in [-0.2, -0.15) is 52.7 Å². The van der Waals surface area contributed by atoms with Gasteiger partial charge in [-0.15, -0.1) is 0 Å². The zero-order valence-corrected chi connectivity index (χ0v) is 34.0. The second-order valence-electron chi connectivity index (χ2n) is 15.7. The smallest absolute Gasteiger partial charge is 0.386 e. The third kappa shape index (κ3) is 6.15. The Bertz CT molecular complexity index is 3170. The molecule has 0 radical (unpaired) electrons. The minimum absolute atomic E-state index is 0.000178. The number of ether oxygens (including phenoxy) is 2. The number of carbonyl (C=O) groups is 8. The van der Waals surface area contributed by atoms with E-state index in [1.807, 2.05) is 0 Å². The summed E-state index contributed by atoms with van der Waals surface area (Å²) in [6, 6.07) is 0.675. The Morgan fingerprint density at radius 2 is 0.528 bits per heavy atom. The first-order valence-electron chi connectivity index (χ1n) is 19.3. The highest BCUT2D eigenvalue weighted by Gasteiger charge is 2.74. The van der Waals surface area contributed by atoms with Crippen molar-refractivity contribution in [3.63, 3.8) is 0 Å². The van der Waals surface area contributed by atoms with Crippen LogP contribution < -0.4 is 9.80 Å². The highest BCUT2D eigenvalue weighted by Crippen LogP contribution is 2.59. The van der Waals surface area contributed by atoms with Crippen molar-refractivity contribution >= 4 is 58.9 Å². The molecule has 5 aromatic carbocycles. The molecule has 0 aromatic heterocycles. The predicted molar refractivity (Wildman–Crippen MR) is 200 cm³/mol.